The molecule has 6 heteroatoms. The number of nitrogens with zero attached hydrogens (tertiary/aromatic N) is 3. The summed E-state index contributed by atoms with van der Waals surface area (Å²) in [6.45, 7) is 7.71. The Labute approximate surface area is 169 Å². The van der Waals surface area contributed by atoms with Crippen LogP contribution in [-0.2, 0) is 4.79 Å². The summed E-state index contributed by atoms with van der Waals surface area (Å²) >= 11 is 6.12. The molecule has 0 atom stereocenters. The molecule has 3 rings (SSSR count). The number of carbonyl (C=O) groups excluding carboxylic acids is 1. The molecule has 3 aromatic rings. The van der Waals surface area contributed by atoms with Gasteiger partial charge in [-0.1, -0.05) is 17.7 Å². The van der Waals surface area contributed by atoms with Crippen LogP contribution in [0.5, 0.6) is 0 Å². The summed E-state index contributed by atoms with van der Waals surface area (Å²) in [5, 5.41) is 10.2. The summed E-state index contributed by atoms with van der Waals surface area (Å²) in [6.07, 6.45) is 1.62. The second-order valence-corrected chi connectivity index (χ2v) is 7.14. The predicted molar refractivity (Wildman–Crippen MR) is 112 cm³/mol. The van der Waals surface area contributed by atoms with Crippen molar-refractivity contribution in [3.8, 4) is 11.8 Å². The molecule has 0 aliphatic rings. The zero-order chi connectivity index (χ0) is 20.4. The van der Waals surface area contributed by atoms with Gasteiger partial charge in [-0.2, -0.15) is 5.26 Å². The van der Waals surface area contributed by atoms with E-state index in [1.54, 1.807) is 10.8 Å². The lowest BCUT2D eigenvalue weighted by Crippen LogP contribution is -2.25. The smallest absolute Gasteiger partial charge is 0.280 e. The average molecular weight is 393 g/mol. The first kappa shape index (κ1) is 19.5. The summed E-state index contributed by atoms with van der Waals surface area (Å²) in [5.41, 5.74) is 8.25. The van der Waals surface area contributed by atoms with Crippen molar-refractivity contribution in [1.82, 2.24) is 9.24 Å². The molecule has 0 unspecified atom stereocenters. The molecule has 2 aromatic heterocycles. The van der Waals surface area contributed by atoms with Crippen LogP contribution < -0.4 is 5.43 Å². The van der Waals surface area contributed by atoms with Crippen LogP contribution >= 0.6 is 11.6 Å². The monoisotopic (exact) mass is 392 g/mol. The fraction of sp³-hybridized carbons (Fsp3) is 0.182. The summed E-state index contributed by atoms with van der Waals surface area (Å²) in [5.74, 6) is -0.447. The van der Waals surface area contributed by atoms with Crippen LogP contribution in [0.2, 0.25) is 5.02 Å². The molecule has 5 nitrogen and oxygen atoms in total. The maximum atomic E-state index is 12.6. The first-order chi connectivity index (χ1) is 13.3. The Morgan fingerprint density at radius 3 is 2.36 bits per heavy atom. The van der Waals surface area contributed by atoms with E-state index in [1.807, 2.05) is 80.8 Å². The molecule has 0 saturated carbocycles. The molecule has 0 spiro atoms. The normalized spacial score (nSPS) is 11.4. The minimum Gasteiger partial charge on any atom is -0.318 e. The van der Waals surface area contributed by atoms with E-state index in [0.29, 0.717) is 5.02 Å². The molecule has 1 N–H and O–H groups in total. The third-order valence-electron chi connectivity index (χ3n) is 4.69. The molecular weight excluding hydrogens is 372 g/mol. The number of hydrogen-bond acceptors (Lipinski definition) is 2. The van der Waals surface area contributed by atoms with Crippen LogP contribution in [0.25, 0.3) is 11.8 Å². The minimum atomic E-state index is -0.447. The zero-order valence-corrected chi connectivity index (χ0v) is 17.0. The van der Waals surface area contributed by atoms with Gasteiger partial charge in [0.1, 0.15) is 11.6 Å². The molecule has 2 heterocycles. The van der Waals surface area contributed by atoms with Crippen LogP contribution in [0.4, 0.5) is 0 Å². The number of amides is 1. The van der Waals surface area contributed by atoms with Crippen molar-refractivity contribution in [2.75, 3.05) is 5.43 Å². The van der Waals surface area contributed by atoms with Crippen molar-refractivity contribution in [3.05, 3.63) is 81.4 Å². The molecule has 0 aliphatic carbocycles. The zero-order valence-electron chi connectivity index (χ0n) is 16.2. The number of rotatable bonds is 4. The van der Waals surface area contributed by atoms with E-state index in [2.05, 4.69) is 5.43 Å². The van der Waals surface area contributed by atoms with Crippen molar-refractivity contribution < 1.29 is 4.79 Å². The molecular formula is C22H21ClN4O. The van der Waals surface area contributed by atoms with E-state index in [1.165, 1.54) is 0 Å². The molecule has 0 bridgehead atoms. The van der Waals surface area contributed by atoms with Gasteiger partial charge in [-0.15, -0.1) is 0 Å². The lowest BCUT2D eigenvalue weighted by molar-refractivity contribution is -0.113. The minimum absolute atomic E-state index is 0.0406. The molecule has 142 valence electrons. The van der Waals surface area contributed by atoms with Crippen LogP contribution in [-0.4, -0.2) is 15.2 Å². The van der Waals surface area contributed by atoms with Crippen molar-refractivity contribution in [1.29, 1.82) is 5.26 Å². The Hall–Kier alpha value is -3.23. The standard InChI is InChI=1S/C22H21ClN4O/c1-14-8-9-15(2)27(14)25-22(28)19(13-24)11-18-10-16(3)26(17(18)4)21-7-5-6-20(23)12-21/h5-12H,1-4H3,(H,25,28)/b19-11-. The highest BCUT2D eigenvalue weighted by molar-refractivity contribution is 6.30. The van der Waals surface area contributed by atoms with Gasteiger partial charge in [-0.25, -0.2) is 0 Å². The van der Waals surface area contributed by atoms with Gasteiger partial charge in [-0.05, 0) is 75.7 Å². The van der Waals surface area contributed by atoms with Crippen molar-refractivity contribution in [3.63, 3.8) is 0 Å². The van der Waals surface area contributed by atoms with Crippen LogP contribution in [0, 0.1) is 39.0 Å². The maximum absolute atomic E-state index is 12.6. The molecule has 28 heavy (non-hydrogen) atoms. The number of nitrogens with one attached hydrogen (secondary N) is 1. The fourth-order valence-corrected chi connectivity index (χ4v) is 3.44. The van der Waals surface area contributed by atoms with E-state index in [-0.39, 0.29) is 5.57 Å². The molecule has 0 radical (unpaired) electrons. The number of aryl methyl sites for hydroxylation is 3. The number of carbonyl (C=O) groups is 1. The van der Waals surface area contributed by atoms with E-state index < -0.39 is 5.91 Å². The lowest BCUT2D eigenvalue weighted by atomic mass is 10.1. The lowest BCUT2D eigenvalue weighted by Gasteiger charge is -2.11. The van der Waals surface area contributed by atoms with Crippen molar-refractivity contribution in [2.45, 2.75) is 27.7 Å². The quantitative estimate of drug-likeness (QED) is 0.510. The highest BCUT2D eigenvalue weighted by atomic mass is 35.5. The number of halogens is 1. The maximum Gasteiger partial charge on any atom is 0.280 e. The van der Waals surface area contributed by atoms with Crippen LogP contribution in [0.3, 0.4) is 0 Å². The van der Waals surface area contributed by atoms with E-state index in [0.717, 1.165) is 34.0 Å². The Kier molecular flexibility index (Phi) is 5.43. The Morgan fingerprint density at radius 2 is 1.75 bits per heavy atom. The first-order valence-corrected chi connectivity index (χ1v) is 9.22. The summed E-state index contributed by atoms with van der Waals surface area (Å²) in [7, 11) is 0. The third-order valence-corrected chi connectivity index (χ3v) is 4.92. The predicted octanol–water partition coefficient (Wildman–Crippen LogP) is 4.84. The molecule has 1 aromatic carbocycles. The Morgan fingerprint density at radius 1 is 1.07 bits per heavy atom. The van der Waals surface area contributed by atoms with E-state index in [9.17, 15) is 10.1 Å². The van der Waals surface area contributed by atoms with Gasteiger partial charge < -0.3 is 4.57 Å². The number of hydrogen-bond donors (Lipinski definition) is 1. The Balaban J connectivity index is 1.96. The van der Waals surface area contributed by atoms with Crippen LogP contribution in [0.15, 0.2) is 48.0 Å². The van der Waals surface area contributed by atoms with Gasteiger partial charge in [0.15, 0.2) is 0 Å². The SMILES string of the molecule is Cc1ccc(C)n1NC(=O)/C(C#N)=C\c1cc(C)n(-c2cccc(Cl)c2)c1C. The summed E-state index contributed by atoms with van der Waals surface area (Å²) < 4.78 is 3.72. The van der Waals surface area contributed by atoms with Crippen molar-refractivity contribution in [2.24, 2.45) is 0 Å². The van der Waals surface area contributed by atoms with Gasteiger partial charge in [0, 0.05) is 33.5 Å². The van der Waals surface area contributed by atoms with Gasteiger partial charge in [0.05, 0.1) is 0 Å². The summed E-state index contributed by atoms with van der Waals surface area (Å²) in [4.78, 5) is 12.6. The molecule has 0 aliphatic heterocycles. The number of aromatic nitrogens is 2. The fourth-order valence-electron chi connectivity index (χ4n) is 3.26. The van der Waals surface area contributed by atoms with Crippen molar-refractivity contribution >= 4 is 23.6 Å². The van der Waals surface area contributed by atoms with Crippen LogP contribution in [0.1, 0.15) is 28.3 Å². The number of nitriles is 1. The average Bonchev–Trinajstić information content (AvgIpc) is 3.11. The van der Waals surface area contributed by atoms with E-state index in [4.69, 9.17) is 11.6 Å². The molecule has 0 saturated heterocycles. The second kappa shape index (κ2) is 7.79. The van der Waals surface area contributed by atoms with Gasteiger partial charge in [0.2, 0.25) is 0 Å². The highest BCUT2D eigenvalue weighted by Gasteiger charge is 2.15. The summed E-state index contributed by atoms with van der Waals surface area (Å²) in [6, 6.07) is 15.3. The van der Waals surface area contributed by atoms with E-state index >= 15 is 0 Å². The highest BCUT2D eigenvalue weighted by Crippen LogP contribution is 2.24. The third kappa shape index (κ3) is 3.73. The second-order valence-electron chi connectivity index (χ2n) is 6.70. The van der Waals surface area contributed by atoms with Gasteiger partial charge in [0.25, 0.3) is 5.91 Å². The van der Waals surface area contributed by atoms with Gasteiger partial charge in [-0.3, -0.25) is 14.9 Å². The Bertz CT molecular complexity index is 1110. The largest absolute Gasteiger partial charge is 0.318 e. The van der Waals surface area contributed by atoms with Gasteiger partial charge >= 0.3 is 0 Å². The molecule has 1 amide bonds. The topological polar surface area (TPSA) is 62.8 Å². The number of benzene rings is 1. The molecule has 0 fully saturated rings. The first-order valence-electron chi connectivity index (χ1n) is 8.85.